The lowest BCUT2D eigenvalue weighted by molar-refractivity contribution is -0.189. The summed E-state index contributed by atoms with van der Waals surface area (Å²) in [4.78, 5) is 33.6. The van der Waals surface area contributed by atoms with Gasteiger partial charge in [-0.15, -0.1) is 24.0 Å². The summed E-state index contributed by atoms with van der Waals surface area (Å²) in [7, 11) is 0. The number of ketones is 2. The van der Waals surface area contributed by atoms with Crippen LogP contribution in [0, 0.1) is 57.3 Å². The van der Waals surface area contributed by atoms with Gasteiger partial charge in [-0.3, -0.25) is 24.5 Å². The van der Waals surface area contributed by atoms with Gasteiger partial charge in [0.2, 0.25) is 11.6 Å². The second-order valence-corrected chi connectivity index (χ2v) is 16.3. The maximum atomic E-state index is 14.9. The molecule has 1 unspecified atom stereocenters. The molecule has 0 fully saturated rings. The summed E-state index contributed by atoms with van der Waals surface area (Å²) in [6.45, 7) is 1.54. The zero-order valence-electron chi connectivity index (χ0n) is 41.2. The molecule has 0 amide bonds. The number of alkyl halides is 6. The number of carbonyl (C=O) groups excluding carboxylic acids is 2. The van der Waals surface area contributed by atoms with E-state index < -0.39 is 86.4 Å². The lowest BCUT2D eigenvalue weighted by Crippen LogP contribution is -2.42. The molecule has 0 aliphatic carbocycles. The summed E-state index contributed by atoms with van der Waals surface area (Å²) in [6.07, 6.45) is 3.12. The summed E-state index contributed by atoms with van der Waals surface area (Å²) < 4.78 is 155. The van der Waals surface area contributed by atoms with Gasteiger partial charge >= 0.3 is 17.8 Å². The zero-order chi connectivity index (χ0) is 59.0. The molecule has 0 spiro atoms. The fraction of sp³-hybridized carbons (Fsp3) is 0.123. The van der Waals surface area contributed by atoms with E-state index in [9.17, 15) is 58.6 Å². The Morgan fingerprint density at radius 2 is 0.829 bits per heavy atom. The highest BCUT2D eigenvalue weighted by Crippen LogP contribution is 2.46. The van der Waals surface area contributed by atoms with Gasteiger partial charge in [-0.25, -0.2) is 17.6 Å². The van der Waals surface area contributed by atoms with Gasteiger partial charge in [0, 0.05) is 61.9 Å². The average Bonchev–Trinajstić information content (AvgIpc) is 3.64. The lowest BCUT2D eigenvalue weighted by atomic mass is 9.86. The molecule has 0 aliphatic heterocycles. The number of hydrogen-bond acceptors (Lipinski definition) is 12. The Labute approximate surface area is 502 Å². The van der Waals surface area contributed by atoms with Crippen LogP contribution in [-0.4, -0.2) is 31.6 Å². The van der Waals surface area contributed by atoms with Crippen molar-refractivity contribution >= 4 is 72.8 Å². The molecular weight excluding hydrogens is 1440 g/mol. The number of pyridine rings is 3. The summed E-state index contributed by atoms with van der Waals surface area (Å²) in [5.74, 6) is -17.8. The van der Waals surface area contributed by atoms with E-state index in [4.69, 9.17) is 30.0 Å². The Hall–Kier alpha value is -7.79. The molecule has 1 N–H and O–H groups in total. The van der Waals surface area contributed by atoms with Gasteiger partial charge in [-0.1, -0.05) is 13.5 Å². The van der Waals surface area contributed by atoms with Crippen LogP contribution in [-0.2, 0) is 28.2 Å². The first-order valence-electron chi connectivity index (χ1n) is 22.3. The first-order chi connectivity index (χ1) is 37.9. The Morgan fingerprint density at radius 1 is 0.500 bits per heavy atom. The van der Waals surface area contributed by atoms with Crippen LogP contribution in [0.25, 0.3) is 0 Å². The van der Waals surface area contributed by atoms with Crippen LogP contribution in [0.5, 0.6) is 34.5 Å². The van der Waals surface area contributed by atoms with E-state index in [2.05, 4.69) is 52.2 Å². The highest BCUT2D eigenvalue weighted by molar-refractivity contribution is 15.0. The van der Waals surface area contributed by atoms with Crippen LogP contribution >= 0.6 is 61.2 Å². The molecule has 12 nitrogen and oxygen atoms in total. The SMILES string of the molecule is C.CC(=O)C(F)(F)c1ccc(Oc2ccc(C#N)cc2)cn1.CC(O)(c1ccc(F)cc1F)C(F)(F)c1ccc(Oc2ccc(C#N)cc2)cn1.I.II.N#Cc1ccc(Oc2ccc(C(F)(F)C(=O)c3ccc(F)cc3F)nc2)cc1. The minimum atomic E-state index is -4.12. The summed E-state index contributed by atoms with van der Waals surface area (Å²) >= 11 is 4.24. The van der Waals surface area contributed by atoms with Gasteiger partial charge in [0.25, 0.3) is 0 Å². The predicted molar refractivity (Wildman–Crippen MR) is 306 cm³/mol. The van der Waals surface area contributed by atoms with Gasteiger partial charge in [0.05, 0.1) is 59.1 Å². The normalized spacial score (nSPS) is 11.3. The van der Waals surface area contributed by atoms with E-state index in [0.717, 1.165) is 62.8 Å². The number of nitrogens with zero attached hydrogens (tertiary/aromatic N) is 6. The Balaban J connectivity index is 0.000000318. The number of nitriles is 3. The van der Waals surface area contributed by atoms with Crippen LogP contribution < -0.4 is 14.2 Å². The summed E-state index contributed by atoms with van der Waals surface area (Å²) in [5, 5.41) is 36.6. The summed E-state index contributed by atoms with van der Waals surface area (Å²) in [6, 6.07) is 34.6. The lowest BCUT2D eigenvalue weighted by Gasteiger charge is -2.32. The third kappa shape index (κ3) is 17.4. The number of ether oxygens (including phenoxy) is 3. The zero-order valence-corrected chi connectivity index (χ0v) is 47.8. The maximum Gasteiger partial charge on any atom is 0.351 e. The fourth-order valence-corrected chi connectivity index (χ4v) is 6.52. The molecule has 82 heavy (non-hydrogen) atoms. The van der Waals surface area contributed by atoms with Crippen LogP contribution in [0.4, 0.5) is 43.9 Å². The van der Waals surface area contributed by atoms with E-state index >= 15 is 0 Å². The largest absolute Gasteiger partial charge is 0.456 e. The molecule has 0 bridgehead atoms. The fourth-order valence-electron chi connectivity index (χ4n) is 6.52. The van der Waals surface area contributed by atoms with Crippen LogP contribution in [0.3, 0.4) is 0 Å². The Bertz CT molecular complexity index is 3570. The predicted octanol–water partition coefficient (Wildman–Crippen LogP) is 16.5. The highest BCUT2D eigenvalue weighted by atomic mass is 128. The first-order valence-corrected chi connectivity index (χ1v) is 28.6. The van der Waals surface area contributed by atoms with Gasteiger partial charge < -0.3 is 19.3 Å². The molecule has 424 valence electrons. The molecule has 0 saturated carbocycles. The Kier molecular flexibility index (Phi) is 25.3. The standard InChI is InChI=1S/C21H14F4N2O2.C20H10F4N2O2.C15H10F2N2O2.CH4.I2.HI/c1-20(28,17-8-4-14(22)10-18(17)23)21(24,25)19-9-7-16(12-27-19)29-15-5-2-13(11-26)3-6-15;21-13-3-7-16(17(22)9-13)19(27)20(23,24)18-8-6-15(11-26-18)28-14-4-1-12(10-25)2-5-14;1-10(20)15(16,17)14-7-6-13(9-19-14)21-12-4-2-11(8-18)3-5-12;;1-2;/h2-10,12,28H,1H3;1-9,11H;2-7,9H,1H3;1H4;;1H. The second kappa shape index (κ2) is 30.3. The van der Waals surface area contributed by atoms with Gasteiger partial charge in [-0.05, 0) is 134 Å². The van der Waals surface area contributed by atoms with Crippen molar-refractivity contribution in [2.75, 3.05) is 0 Å². The maximum absolute atomic E-state index is 14.9. The smallest absolute Gasteiger partial charge is 0.351 e. The minimum absolute atomic E-state index is 0. The van der Waals surface area contributed by atoms with Crippen molar-refractivity contribution in [2.24, 2.45) is 0 Å². The monoisotopic (exact) mass is 1470 g/mol. The van der Waals surface area contributed by atoms with Crippen molar-refractivity contribution in [2.45, 2.75) is 44.6 Å². The molecule has 3 aromatic heterocycles. The molecule has 0 radical (unpaired) electrons. The number of halogens is 13. The number of hydrogen-bond donors (Lipinski definition) is 1. The second-order valence-electron chi connectivity index (χ2n) is 16.3. The number of Topliss-reactive ketones (excluding diaryl/α,β-unsaturated/α-hetero) is 2. The highest BCUT2D eigenvalue weighted by Gasteiger charge is 2.54. The molecule has 5 aromatic carbocycles. The quantitative estimate of drug-likeness (QED) is 0.0616. The molecule has 8 rings (SSSR count). The van der Waals surface area contributed by atoms with E-state index in [1.807, 2.05) is 18.2 Å². The van der Waals surface area contributed by atoms with Crippen molar-refractivity contribution in [1.82, 2.24) is 15.0 Å². The first kappa shape index (κ1) is 68.5. The van der Waals surface area contributed by atoms with Crippen molar-refractivity contribution in [3.05, 3.63) is 232 Å². The van der Waals surface area contributed by atoms with Gasteiger partial charge in [0.1, 0.15) is 74.8 Å². The van der Waals surface area contributed by atoms with Crippen molar-refractivity contribution in [1.29, 1.82) is 15.8 Å². The third-order valence-corrected chi connectivity index (χ3v) is 10.8. The number of aromatic nitrogens is 3. The van der Waals surface area contributed by atoms with Crippen molar-refractivity contribution in [3.63, 3.8) is 0 Å². The molecule has 8 aromatic rings. The van der Waals surface area contributed by atoms with Crippen molar-refractivity contribution in [3.8, 4) is 52.7 Å². The van der Waals surface area contributed by atoms with Crippen LogP contribution in [0.1, 0.15) is 71.0 Å². The van der Waals surface area contributed by atoms with Gasteiger partial charge in [0.15, 0.2) is 5.60 Å². The minimum Gasteiger partial charge on any atom is -0.456 e. The third-order valence-electron chi connectivity index (χ3n) is 10.8. The molecular formula is C57H39F10I3N6O6. The van der Waals surface area contributed by atoms with Gasteiger partial charge in [-0.2, -0.15) is 42.1 Å². The van der Waals surface area contributed by atoms with Crippen LogP contribution in [0.15, 0.2) is 164 Å². The molecule has 1 atom stereocenters. The van der Waals surface area contributed by atoms with E-state index in [1.165, 1.54) is 66.7 Å². The molecule has 3 heterocycles. The number of benzene rings is 5. The van der Waals surface area contributed by atoms with Crippen molar-refractivity contribution < 1.29 is 72.8 Å². The topological polar surface area (TPSA) is 192 Å². The molecule has 0 saturated heterocycles. The van der Waals surface area contributed by atoms with E-state index in [0.29, 0.717) is 58.2 Å². The van der Waals surface area contributed by atoms with Crippen LogP contribution in [0.2, 0.25) is 0 Å². The van der Waals surface area contributed by atoms with E-state index in [1.54, 1.807) is 24.3 Å². The Morgan fingerprint density at radius 3 is 1.15 bits per heavy atom. The van der Waals surface area contributed by atoms with E-state index in [-0.39, 0.29) is 48.7 Å². The molecule has 25 heteroatoms. The number of carbonyl (C=O) groups is 2. The summed E-state index contributed by atoms with van der Waals surface area (Å²) in [5.41, 5.74) is -5.69. The molecule has 0 aliphatic rings. The number of aliphatic hydroxyl groups is 1. The average molecular weight is 1470 g/mol. The number of rotatable bonds is 14.